The van der Waals surface area contributed by atoms with Crippen molar-refractivity contribution in [1.82, 2.24) is 4.31 Å². The minimum absolute atomic E-state index is 0.222. The molecule has 0 bridgehead atoms. The molecule has 0 aliphatic carbocycles. The molecule has 9 heteroatoms. The first kappa shape index (κ1) is 20.6. The Hall–Kier alpha value is -2.10. The molecule has 152 valence electrons. The lowest BCUT2D eigenvalue weighted by atomic mass is 10.1. The zero-order chi connectivity index (χ0) is 20.4. The molecule has 1 saturated heterocycles. The lowest BCUT2D eigenvalue weighted by Crippen LogP contribution is -3.13. The van der Waals surface area contributed by atoms with E-state index in [4.69, 9.17) is 4.74 Å². The smallest absolute Gasteiger partial charge is 0.416 e. The number of nitrogens with zero attached hydrogens (tertiary/aromatic N) is 1. The Morgan fingerprint density at radius 1 is 1.00 bits per heavy atom. The van der Waals surface area contributed by atoms with E-state index in [2.05, 4.69) is 0 Å². The number of sulfonamides is 1. The van der Waals surface area contributed by atoms with Crippen molar-refractivity contribution in [2.75, 3.05) is 33.3 Å². The SMILES string of the molecule is COc1ccc(S(=O)(=O)N2CC[NH+](Cc3ccc(C(F)(F)F)cc3)CC2)cc1. The lowest BCUT2D eigenvalue weighted by Gasteiger charge is -2.31. The minimum atomic E-state index is -4.34. The zero-order valence-corrected chi connectivity index (χ0v) is 16.2. The number of alkyl halides is 3. The summed E-state index contributed by atoms with van der Waals surface area (Å²) in [4.78, 5) is 1.36. The average molecular weight is 415 g/mol. The van der Waals surface area contributed by atoms with E-state index in [1.54, 1.807) is 12.1 Å². The molecule has 1 aliphatic heterocycles. The van der Waals surface area contributed by atoms with Crippen LogP contribution in [0.15, 0.2) is 53.4 Å². The van der Waals surface area contributed by atoms with Crippen LogP contribution in [0.3, 0.4) is 0 Å². The highest BCUT2D eigenvalue weighted by atomic mass is 32.2. The number of nitrogens with one attached hydrogen (secondary N) is 1. The van der Waals surface area contributed by atoms with Crippen molar-refractivity contribution in [1.29, 1.82) is 0 Å². The fourth-order valence-electron chi connectivity index (χ4n) is 3.22. The first-order valence-electron chi connectivity index (χ1n) is 8.84. The first-order chi connectivity index (χ1) is 13.2. The topological polar surface area (TPSA) is 51.1 Å². The fourth-order valence-corrected chi connectivity index (χ4v) is 4.66. The number of benzene rings is 2. The third-order valence-electron chi connectivity index (χ3n) is 4.86. The molecule has 0 unspecified atom stereocenters. The molecule has 2 aromatic carbocycles. The summed E-state index contributed by atoms with van der Waals surface area (Å²) < 4.78 is 69.9. The number of hydrogen-bond donors (Lipinski definition) is 1. The Morgan fingerprint density at radius 2 is 1.57 bits per heavy atom. The van der Waals surface area contributed by atoms with E-state index in [1.807, 2.05) is 0 Å². The van der Waals surface area contributed by atoms with Crippen molar-refractivity contribution in [2.24, 2.45) is 0 Å². The molecule has 28 heavy (non-hydrogen) atoms. The summed E-state index contributed by atoms with van der Waals surface area (Å²) in [5.41, 5.74) is 0.135. The number of hydrogen-bond acceptors (Lipinski definition) is 3. The van der Waals surface area contributed by atoms with Crippen molar-refractivity contribution < 1.29 is 31.2 Å². The quantitative estimate of drug-likeness (QED) is 0.811. The first-order valence-corrected chi connectivity index (χ1v) is 10.3. The van der Waals surface area contributed by atoms with E-state index in [-0.39, 0.29) is 4.90 Å². The maximum atomic E-state index is 12.8. The van der Waals surface area contributed by atoms with Gasteiger partial charge < -0.3 is 9.64 Å². The molecule has 5 nitrogen and oxygen atoms in total. The summed E-state index contributed by atoms with van der Waals surface area (Å²) in [6, 6.07) is 11.4. The Labute approximate surface area is 162 Å². The standard InChI is InChI=1S/C19H21F3N2O3S/c1-27-17-6-8-18(9-7-17)28(25,26)24-12-10-23(11-13-24)14-15-2-4-16(5-3-15)19(20,21)22/h2-9H,10-14H2,1H3/p+1. The maximum Gasteiger partial charge on any atom is 0.416 e. The molecule has 0 amide bonds. The number of methoxy groups -OCH3 is 1. The van der Waals surface area contributed by atoms with Crippen LogP contribution in [0, 0.1) is 0 Å². The molecule has 0 spiro atoms. The maximum absolute atomic E-state index is 12.8. The number of halogens is 3. The van der Waals surface area contributed by atoms with Crippen molar-refractivity contribution in [2.45, 2.75) is 17.6 Å². The van der Waals surface area contributed by atoms with Gasteiger partial charge in [-0.1, -0.05) is 12.1 Å². The van der Waals surface area contributed by atoms with Crippen LogP contribution >= 0.6 is 0 Å². The van der Waals surface area contributed by atoms with Crippen molar-refractivity contribution in [3.05, 3.63) is 59.7 Å². The Bertz CT molecular complexity index is 890. The summed E-state index contributed by atoms with van der Waals surface area (Å²) in [6.07, 6.45) is -4.34. The zero-order valence-electron chi connectivity index (χ0n) is 15.4. The summed E-state index contributed by atoms with van der Waals surface area (Å²) >= 11 is 0. The Kier molecular flexibility index (Phi) is 5.97. The molecule has 2 aromatic rings. The summed E-state index contributed by atoms with van der Waals surface area (Å²) in [7, 11) is -2.05. The van der Waals surface area contributed by atoms with Gasteiger partial charge in [0.05, 0.1) is 43.7 Å². The van der Waals surface area contributed by atoms with Crippen LogP contribution in [-0.2, 0) is 22.7 Å². The predicted molar refractivity (Wildman–Crippen MR) is 97.6 cm³/mol. The monoisotopic (exact) mass is 415 g/mol. The molecule has 3 rings (SSSR count). The highest BCUT2D eigenvalue weighted by molar-refractivity contribution is 7.89. The van der Waals surface area contributed by atoms with Gasteiger partial charge in [0.25, 0.3) is 0 Å². The van der Waals surface area contributed by atoms with E-state index >= 15 is 0 Å². The third-order valence-corrected chi connectivity index (χ3v) is 6.77. The molecule has 1 N–H and O–H groups in total. The Balaban J connectivity index is 1.59. The number of ether oxygens (including phenoxy) is 1. The van der Waals surface area contributed by atoms with E-state index < -0.39 is 21.8 Å². The molecule has 0 radical (unpaired) electrons. The molecule has 0 atom stereocenters. The third kappa shape index (κ3) is 4.65. The van der Waals surface area contributed by atoms with Crippen LogP contribution in [0.5, 0.6) is 5.75 Å². The van der Waals surface area contributed by atoms with Gasteiger partial charge in [0.2, 0.25) is 10.0 Å². The predicted octanol–water partition coefficient (Wildman–Crippen LogP) is 1.80. The largest absolute Gasteiger partial charge is 0.497 e. The number of quaternary nitrogens is 1. The molecule has 1 aliphatic rings. The fraction of sp³-hybridized carbons (Fsp3) is 0.368. The van der Waals surface area contributed by atoms with Crippen molar-refractivity contribution in [3.63, 3.8) is 0 Å². The second kappa shape index (κ2) is 8.10. The van der Waals surface area contributed by atoms with Crippen LogP contribution in [0.1, 0.15) is 11.1 Å². The molecular formula is C19H22F3N2O3S+. The Morgan fingerprint density at radius 3 is 2.07 bits per heavy atom. The van der Waals surface area contributed by atoms with Gasteiger partial charge in [-0.15, -0.1) is 0 Å². The second-order valence-corrected chi connectivity index (χ2v) is 8.64. The van der Waals surface area contributed by atoms with Crippen LogP contribution in [-0.4, -0.2) is 46.0 Å². The molecular weight excluding hydrogens is 393 g/mol. The van der Waals surface area contributed by atoms with Gasteiger partial charge >= 0.3 is 6.18 Å². The van der Waals surface area contributed by atoms with Crippen LogP contribution in [0.4, 0.5) is 13.2 Å². The molecule has 0 saturated carbocycles. The van der Waals surface area contributed by atoms with E-state index in [1.165, 1.54) is 35.7 Å². The highest BCUT2D eigenvalue weighted by Gasteiger charge is 2.32. The van der Waals surface area contributed by atoms with Gasteiger partial charge in [0, 0.05) is 5.56 Å². The van der Waals surface area contributed by atoms with Crippen LogP contribution < -0.4 is 9.64 Å². The summed E-state index contributed by atoms with van der Waals surface area (Å²) in [6.45, 7) is 2.48. The van der Waals surface area contributed by atoms with Gasteiger partial charge in [0.1, 0.15) is 12.3 Å². The minimum Gasteiger partial charge on any atom is -0.497 e. The van der Waals surface area contributed by atoms with E-state index in [9.17, 15) is 21.6 Å². The molecule has 1 fully saturated rings. The second-order valence-electron chi connectivity index (χ2n) is 6.70. The van der Waals surface area contributed by atoms with E-state index in [0.717, 1.165) is 22.6 Å². The molecule has 0 aromatic heterocycles. The summed E-state index contributed by atoms with van der Waals surface area (Å²) in [5, 5.41) is 0. The number of piperazine rings is 1. The highest BCUT2D eigenvalue weighted by Crippen LogP contribution is 2.29. The molecule has 1 heterocycles. The normalized spacial score (nSPS) is 16.9. The van der Waals surface area contributed by atoms with E-state index in [0.29, 0.717) is 38.5 Å². The number of rotatable bonds is 5. The van der Waals surface area contributed by atoms with Gasteiger partial charge in [-0.25, -0.2) is 8.42 Å². The van der Waals surface area contributed by atoms with Crippen LogP contribution in [0.2, 0.25) is 0 Å². The van der Waals surface area contributed by atoms with Gasteiger partial charge in [-0.05, 0) is 36.4 Å². The van der Waals surface area contributed by atoms with Crippen molar-refractivity contribution in [3.8, 4) is 5.75 Å². The summed E-state index contributed by atoms with van der Waals surface area (Å²) in [5.74, 6) is 0.588. The van der Waals surface area contributed by atoms with Gasteiger partial charge in [-0.3, -0.25) is 0 Å². The lowest BCUT2D eigenvalue weighted by molar-refractivity contribution is -0.917. The van der Waals surface area contributed by atoms with Gasteiger partial charge in [-0.2, -0.15) is 17.5 Å². The average Bonchev–Trinajstić information content (AvgIpc) is 2.68. The van der Waals surface area contributed by atoms with Crippen LogP contribution in [0.25, 0.3) is 0 Å². The van der Waals surface area contributed by atoms with Crippen molar-refractivity contribution >= 4 is 10.0 Å². The van der Waals surface area contributed by atoms with Gasteiger partial charge in [0.15, 0.2) is 0 Å².